The summed E-state index contributed by atoms with van der Waals surface area (Å²) in [6.45, 7) is 1.30. The van der Waals surface area contributed by atoms with E-state index >= 15 is 0 Å². The number of nitrogens with zero attached hydrogens (tertiary/aromatic N) is 2. The molecule has 26 heavy (non-hydrogen) atoms. The number of rotatable bonds is 3. The number of hydrogen-bond acceptors (Lipinski definition) is 4. The van der Waals surface area contributed by atoms with Gasteiger partial charge in [0.05, 0.1) is 0 Å². The summed E-state index contributed by atoms with van der Waals surface area (Å²) < 4.78 is 0. The van der Waals surface area contributed by atoms with Crippen LogP contribution in [-0.2, 0) is 4.79 Å². The largest absolute Gasteiger partial charge is 0.480 e. The van der Waals surface area contributed by atoms with Gasteiger partial charge in [-0.1, -0.05) is 25.0 Å². The van der Waals surface area contributed by atoms with Crippen molar-refractivity contribution in [3.05, 3.63) is 41.5 Å². The second kappa shape index (κ2) is 6.44. The maximum Gasteiger partial charge on any atom is 0.323 e. The van der Waals surface area contributed by atoms with Crippen molar-refractivity contribution in [3.63, 3.8) is 0 Å². The Morgan fingerprint density at radius 2 is 1.58 bits per heavy atom. The van der Waals surface area contributed by atoms with Crippen LogP contribution in [0.4, 0.5) is 5.69 Å². The third-order valence-corrected chi connectivity index (χ3v) is 5.21. The molecule has 2 heterocycles. The Kier molecular flexibility index (Phi) is 4.11. The molecule has 0 aromatic heterocycles. The summed E-state index contributed by atoms with van der Waals surface area (Å²) in [4.78, 5) is 39.6. The summed E-state index contributed by atoms with van der Waals surface area (Å²) in [5.74, 6) is -2.28. The summed E-state index contributed by atoms with van der Waals surface area (Å²) in [7, 11) is 0. The molecular weight excluding hydrogens is 332 g/mol. The van der Waals surface area contributed by atoms with E-state index in [9.17, 15) is 14.4 Å². The van der Waals surface area contributed by atoms with Gasteiger partial charge in [-0.3, -0.25) is 19.3 Å². The SMILES string of the molecule is O=C(O)CN1C(=O)c2cccc3c(N4CCCCCC4)ccc(c23)C1=O. The van der Waals surface area contributed by atoms with Crippen LogP contribution in [0, 0.1) is 0 Å². The molecule has 2 aromatic carbocycles. The van der Waals surface area contributed by atoms with Gasteiger partial charge in [0.1, 0.15) is 6.54 Å². The van der Waals surface area contributed by atoms with E-state index in [1.54, 1.807) is 18.2 Å². The number of carbonyl (C=O) groups excluding carboxylic acids is 2. The summed E-state index contributed by atoms with van der Waals surface area (Å²) in [5, 5.41) is 10.6. The van der Waals surface area contributed by atoms with Crippen LogP contribution in [0.1, 0.15) is 46.4 Å². The average Bonchev–Trinajstić information content (AvgIpc) is 2.92. The minimum atomic E-state index is -1.21. The van der Waals surface area contributed by atoms with E-state index in [4.69, 9.17) is 5.11 Å². The van der Waals surface area contributed by atoms with Gasteiger partial charge < -0.3 is 10.0 Å². The zero-order valence-electron chi connectivity index (χ0n) is 14.4. The molecule has 2 aliphatic rings. The summed E-state index contributed by atoms with van der Waals surface area (Å²) in [6, 6.07) is 9.07. The number of hydrogen-bond donors (Lipinski definition) is 1. The lowest BCUT2D eigenvalue weighted by molar-refractivity contribution is -0.137. The smallest absolute Gasteiger partial charge is 0.323 e. The molecule has 0 saturated carbocycles. The highest BCUT2D eigenvalue weighted by atomic mass is 16.4. The second-order valence-corrected chi connectivity index (χ2v) is 6.85. The van der Waals surface area contributed by atoms with Crippen LogP contribution in [0.15, 0.2) is 30.3 Å². The molecule has 134 valence electrons. The number of imide groups is 1. The quantitative estimate of drug-likeness (QED) is 0.860. The highest BCUT2D eigenvalue weighted by Gasteiger charge is 2.34. The monoisotopic (exact) mass is 352 g/mol. The van der Waals surface area contributed by atoms with Crippen molar-refractivity contribution in [2.24, 2.45) is 0 Å². The highest BCUT2D eigenvalue weighted by molar-refractivity contribution is 6.27. The fourth-order valence-corrected chi connectivity index (χ4v) is 4.00. The number of carboxylic acids is 1. The third-order valence-electron chi connectivity index (χ3n) is 5.21. The zero-order chi connectivity index (χ0) is 18.3. The number of carbonyl (C=O) groups is 3. The van der Waals surface area contributed by atoms with E-state index in [0.717, 1.165) is 41.9 Å². The van der Waals surface area contributed by atoms with Crippen LogP contribution in [0.25, 0.3) is 10.8 Å². The molecule has 0 aliphatic carbocycles. The first kappa shape index (κ1) is 16.6. The van der Waals surface area contributed by atoms with Gasteiger partial charge >= 0.3 is 5.97 Å². The number of anilines is 1. The molecule has 2 aliphatic heterocycles. The van der Waals surface area contributed by atoms with Crippen molar-refractivity contribution in [1.82, 2.24) is 4.90 Å². The standard InChI is InChI=1S/C20H20N2O4/c23-17(24)12-22-19(25)14-7-5-6-13-16(21-10-3-1-2-4-11-21)9-8-15(18(13)14)20(22)26/h5-9H,1-4,10-12H2,(H,23,24). The van der Waals surface area contributed by atoms with Crippen molar-refractivity contribution in [1.29, 1.82) is 0 Å². The number of aliphatic carboxylic acids is 1. The third kappa shape index (κ3) is 2.62. The number of carboxylic acid groups (broad SMARTS) is 1. The highest BCUT2D eigenvalue weighted by Crippen LogP contribution is 2.36. The molecule has 4 rings (SSSR count). The van der Waals surface area contributed by atoms with Crippen molar-refractivity contribution >= 4 is 34.2 Å². The Morgan fingerprint density at radius 3 is 2.23 bits per heavy atom. The average molecular weight is 352 g/mol. The predicted octanol–water partition coefficient (Wildman–Crippen LogP) is 2.90. The first-order valence-corrected chi connectivity index (χ1v) is 8.96. The molecule has 6 nitrogen and oxygen atoms in total. The van der Waals surface area contributed by atoms with E-state index in [-0.39, 0.29) is 0 Å². The molecular formula is C20H20N2O4. The summed E-state index contributed by atoms with van der Waals surface area (Å²) in [5.41, 5.74) is 1.84. The van der Waals surface area contributed by atoms with Gasteiger partial charge in [0.2, 0.25) is 0 Å². The predicted molar refractivity (Wildman–Crippen MR) is 97.6 cm³/mol. The number of benzene rings is 2. The van der Waals surface area contributed by atoms with Crippen LogP contribution >= 0.6 is 0 Å². The Labute approximate surface area is 151 Å². The van der Waals surface area contributed by atoms with E-state index < -0.39 is 24.3 Å². The Bertz CT molecular complexity index is 891. The molecule has 0 spiro atoms. The number of amides is 2. The van der Waals surface area contributed by atoms with Gasteiger partial charge in [0.15, 0.2) is 0 Å². The van der Waals surface area contributed by atoms with Crippen LogP contribution < -0.4 is 4.90 Å². The zero-order valence-corrected chi connectivity index (χ0v) is 14.4. The lowest BCUT2D eigenvalue weighted by Gasteiger charge is -2.29. The first-order valence-electron chi connectivity index (χ1n) is 8.96. The topological polar surface area (TPSA) is 77.9 Å². The lowest BCUT2D eigenvalue weighted by Crippen LogP contribution is -2.43. The summed E-state index contributed by atoms with van der Waals surface area (Å²) >= 11 is 0. The molecule has 0 bridgehead atoms. The Balaban J connectivity index is 1.87. The van der Waals surface area contributed by atoms with E-state index in [2.05, 4.69) is 4.90 Å². The van der Waals surface area contributed by atoms with Crippen molar-refractivity contribution in [2.75, 3.05) is 24.5 Å². The lowest BCUT2D eigenvalue weighted by atomic mass is 9.92. The van der Waals surface area contributed by atoms with E-state index in [0.29, 0.717) is 16.5 Å². The molecule has 1 fully saturated rings. The van der Waals surface area contributed by atoms with Crippen LogP contribution in [0.5, 0.6) is 0 Å². The molecule has 1 saturated heterocycles. The molecule has 0 unspecified atom stereocenters. The molecule has 0 atom stereocenters. The minimum Gasteiger partial charge on any atom is -0.480 e. The van der Waals surface area contributed by atoms with Gasteiger partial charge in [0, 0.05) is 40.7 Å². The molecule has 2 aromatic rings. The van der Waals surface area contributed by atoms with Crippen LogP contribution in [0.2, 0.25) is 0 Å². The van der Waals surface area contributed by atoms with Gasteiger partial charge in [-0.25, -0.2) is 0 Å². The molecule has 1 N–H and O–H groups in total. The van der Waals surface area contributed by atoms with Gasteiger partial charge in [0.25, 0.3) is 11.8 Å². The maximum atomic E-state index is 12.7. The van der Waals surface area contributed by atoms with Crippen LogP contribution in [-0.4, -0.2) is 47.4 Å². The Morgan fingerprint density at radius 1 is 0.923 bits per heavy atom. The molecule has 2 amide bonds. The van der Waals surface area contributed by atoms with Crippen molar-refractivity contribution in [2.45, 2.75) is 25.7 Å². The Hall–Kier alpha value is -2.89. The van der Waals surface area contributed by atoms with Crippen molar-refractivity contribution in [3.8, 4) is 0 Å². The molecule has 6 heteroatoms. The second-order valence-electron chi connectivity index (χ2n) is 6.85. The minimum absolute atomic E-state index is 0.398. The van der Waals surface area contributed by atoms with E-state index in [1.165, 1.54) is 12.8 Å². The first-order chi connectivity index (χ1) is 12.6. The van der Waals surface area contributed by atoms with Crippen molar-refractivity contribution < 1.29 is 19.5 Å². The van der Waals surface area contributed by atoms with Gasteiger partial charge in [-0.15, -0.1) is 0 Å². The fraction of sp³-hybridized carbons (Fsp3) is 0.350. The summed E-state index contributed by atoms with van der Waals surface area (Å²) in [6.07, 6.45) is 4.71. The van der Waals surface area contributed by atoms with Gasteiger partial charge in [-0.2, -0.15) is 0 Å². The van der Waals surface area contributed by atoms with E-state index in [1.807, 2.05) is 12.1 Å². The maximum absolute atomic E-state index is 12.7. The normalized spacial score (nSPS) is 17.5. The fourth-order valence-electron chi connectivity index (χ4n) is 4.00. The molecule has 0 radical (unpaired) electrons. The van der Waals surface area contributed by atoms with Crippen LogP contribution in [0.3, 0.4) is 0 Å². The van der Waals surface area contributed by atoms with Gasteiger partial charge in [-0.05, 0) is 31.0 Å².